The summed E-state index contributed by atoms with van der Waals surface area (Å²) in [6, 6.07) is 6.20. The number of halogens is 1. The molecule has 5 nitrogen and oxygen atoms in total. The summed E-state index contributed by atoms with van der Waals surface area (Å²) in [5.74, 6) is 0.0397. The van der Waals surface area contributed by atoms with Gasteiger partial charge in [0.25, 0.3) is 5.91 Å². The third-order valence-corrected chi connectivity index (χ3v) is 5.79. The molecule has 132 valence electrons. The van der Waals surface area contributed by atoms with E-state index in [9.17, 15) is 9.18 Å². The molecule has 3 rings (SSSR count). The highest BCUT2D eigenvalue weighted by Gasteiger charge is 2.47. The fourth-order valence-corrected chi connectivity index (χ4v) is 4.05. The van der Waals surface area contributed by atoms with Crippen molar-refractivity contribution in [3.8, 4) is 0 Å². The average Bonchev–Trinajstić information content (AvgIpc) is 2.90. The van der Waals surface area contributed by atoms with Gasteiger partial charge in [-0.15, -0.1) is 0 Å². The molecule has 0 bridgehead atoms. The van der Waals surface area contributed by atoms with Crippen molar-refractivity contribution in [3.63, 3.8) is 0 Å². The third-order valence-electron chi connectivity index (χ3n) is 4.48. The fraction of sp³-hybridized carbons (Fsp3) is 0.389. The molecular weight excluding hydrogens is 341 g/mol. The highest BCUT2D eigenvalue weighted by atomic mass is 32.2. The quantitative estimate of drug-likeness (QED) is 0.892. The van der Waals surface area contributed by atoms with Gasteiger partial charge in [-0.25, -0.2) is 9.38 Å². The number of hydrogen-bond acceptors (Lipinski definition) is 5. The molecule has 2 aliphatic heterocycles. The Balaban J connectivity index is 1.71. The van der Waals surface area contributed by atoms with E-state index in [0.717, 1.165) is 5.56 Å². The number of rotatable bonds is 4. The lowest BCUT2D eigenvalue weighted by atomic mass is 9.88. The minimum absolute atomic E-state index is 0.0402. The van der Waals surface area contributed by atoms with Crippen molar-refractivity contribution in [2.75, 3.05) is 7.11 Å². The first-order valence-corrected chi connectivity index (χ1v) is 8.86. The predicted octanol–water partition coefficient (Wildman–Crippen LogP) is 3.44. The maximum Gasteiger partial charge on any atom is 0.265 e. The zero-order valence-corrected chi connectivity index (χ0v) is 15.1. The molecule has 0 fully saturated rings. The Hall–Kier alpha value is -2.15. The third kappa shape index (κ3) is 3.61. The second-order valence-corrected chi connectivity index (χ2v) is 7.65. The van der Waals surface area contributed by atoms with Crippen LogP contribution in [0.25, 0.3) is 0 Å². The Labute approximate surface area is 150 Å². The van der Waals surface area contributed by atoms with Crippen LogP contribution in [0.5, 0.6) is 0 Å². The minimum atomic E-state index is -0.693. The molecule has 1 amide bonds. The molecule has 1 N–H and O–H groups in total. The van der Waals surface area contributed by atoms with Gasteiger partial charge in [0.15, 0.2) is 5.17 Å². The topological polar surface area (TPSA) is 63.0 Å². The van der Waals surface area contributed by atoms with E-state index in [2.05, 4.69) is 15.3 Å². The van der Waals surface area contributed by atoms with Gasteiger partial charge in [0.1, 0.15) is 10.6 Å². The Morgan fingerprint density at radius 1 is 1.40 bits per heavy atom. The molecule has 1 aromatic rings. The SMILES string of the molecule is COC1=CC([C@]2(C)SC(N[C@@H](C)c3ccc(F)cc3)=NC2=O)CC=N1. The van der Waals surface area contributed by atoms with Gasteiger partial charge in [0, 0.05) is 12.1 Å². The molecule has 0 aliphatic carbocycles. The standard InChI is InChI=1S/C18H20FN3O2S/c1-11(12-4-6-14(19)7-5-12)21-17-22-16(23)18(2,25-17)13-8-9-20-15(10-13)24-3/h4-7,9-11,13H,8H2,1-3H3,(H,21,22,23)/t11-,13?,18-/m0/s1. The number of amidine groups is 1. The van der Waals surface area contributed by atoms with Crippen molar-refractivity contribution in [1.29, 1.82) is 0 Å². The van der Waals surface area contributed by atoms with E-state index in [4.69, 9.17) is 4.74 Å². The number of nitrogens with zero attached hydrogens (tertiary/aromatic N) is 2. The Bertz CT molecular complexity index is 760. The first-order valence-electron chi connectivity index (χ1n) is 8.05. The number of hydrogen-bond donors (Lipinski definition) is 1. The number of nitrogens with one attached hydrogen (secondary N) is 1. The van der Waals surface area contributed by atoms with Gasteiger partial charge in [-0.1, -0.05) is 23.9 Å². The summed E-state index contributed by atoms with van der Waals surface area (Å²) in [6.45, 7) is 3.85. The van der Waals surface area contributed by atoms with Crippen LogP contribution in [-0.2, 0) is 9.53 Å². The van der Waals surface area contributed by atoms with Crippen molar-refractivity contribution in [1.82, 2.24) is 5.32 Å². The molecule has 2 aliphatic rings. The monoisotopic (exact) mass is 361 g/mol. The average molecular weight is 361 g/mol. The predicted molar refractivity (Wildman–Crippen MR) is 98.1 cm³/mol. The minimum Gasteiger partial charge on any atom is -0.481 e. The van der Waals surface area contributed by atoms with Crippen LogP contribution in [-0.4, -0.2) is 29.1 Å². The van der Waals surface area contributed by atoms with Crippen LogP contribution in [0.4, 0.5) is 4.39 Å². The highest BCUT2D eigenvalue weighted by Crippen LogP contribution is 2.43. The van der Waals surface area contributed by atoms with Crippen LogP contribution < -0.4 is 5.32 Å². The normalized spacial score (nSPS) is 26.9. The second-order valence-electron chi connectivity index (χ2n) is 6.21. The van der Waals surface area contributed by atoms with Gasteiger partial charge in [-0.05, 0) is 44.0 Å². The fourth-order valence-electron chi connectivity index (χ4n) is 2.83. The van der Waals surface area contributed by atoms with E-state index in [1.165, 1.54) is 23.9 Å². The van der Waals surface area contributed by atoms with Crippen molar-refractivity contribution in [3.05, 3.63) is 47.6 Å². The van der Waals surface area contributed by atoms with Crippen molar-refractivity contribution < 1.29 is 13.9 Å². The molecule has 0 aromatic heterocycles. The summed E-state index contributed by atoms with van der Waals surface area (Å²) in [5, 5.41) is 3.83. The lowest BCUT2D eigenvalue weighted by molar-refractivity contribution is -0.120. The molecular formula is C18H20FN3O2S. The number of carbonyl (C=O) groups is 1. The number of amides is 1. The van der Waals surface area contributed by atoms with Gasteiger partial charge < -0.3 is 10.1 Å². The second kappa shape index (κ2) is 7.00. The van der Waals surface area contributed by atoms with Gasteiger partial charge in [-0.3, -0.25) is 4.79 Å². The molecule has 3 atom stereocenters. The lowest BCUT2D eigenvalue weighted by Gasteiger charge is -2.29. The first kappa shape index (κ1) is 17.7. The zero-order valence-electron chi connectivity index (χ0n) is 14.3. The molecule has 25 heavy (non-hydrogen) atoms. The first-order chi connectivity index (χ1) is 11.9. The van der Waals surface area contributed by atoms with Gasteiger partial charge >= 0.3 is 0 Å². The number of allylic oxidation sites excluding steroid dienone is 1. The Kier molecular flexibility index (Phi) is 4.94. The van der Waals surface area contributed by atoms with Gasteiger partial charge in [0.2, 0.25) is 5.88 Å². The molecule has 0 saturated heterocycles. The van der Waals surface area contributed by atoms with E-state index in [1.807, 2.05) is 19.9 Å². The van der Waals surface area contributed by atoms with Crippen LogP contribution in [0.15, 0.2) is 46.2 Å². The zero-order chi connectivity index (χ0) is 18.0. The molecule has 1 unspecified atom stereocenters. The molecule has 0 saturated carbocycles. The van der Waals surface area contributed by atoms with E-state index < -0.39 is 4.75 Å². The smallest absolute Gasteiger partial charge is 0.265 e. The van der Waals surface area contributed by atoms with Crippen LogP contribution in [0.3, 0.4) is 0 Å². The summed E-state index contributed by atoms with van der Waals surface area (Å²) in [6.07, 6.45) is 4.32. The van der Waals surface area contributed by atoms with E-state index >= 15 is 0 Å². The summed E-state index contributed by atoms with van der Waals surface area (Å²) in [4.78, 5) is 20.9. The highest BCUT2D eigenvalue weighted by molar-refractivity contribution is 8.16. The maximum atomic E-state index is 13.1. The number of thioether (sulfide) groups is 1. The lowest BCUT2D eigenvalue weighted by Crippen LogP contribution is -2.37. The number of aliphatic imine (C=N–C) groups is 2. The number of methoxy groups -OCH3 is 1. The molecule has 7 heteroatoms. The van der Waals surface area contributed by atoms with Crippen LogP contribution in [0.1, 0.15) is 31.9 Å². The Morgan fingerprint density at radius 3 is 2.80 bits per heavy atom. The summed E-state index contributed by atoms with van der Waals surface area (Å²) < 4.78 is 17.5. The van der Waals surface area contributed by atoms with Crippen LogP contribution in [0.2, 0.25) is 0 Å². The van der Waals surface area contributed by atoms with Crippen molar-refractivity contribution >= 4 is 29.1 Å². The number of ether oxygens (including phenoxy) is 1. The Morgan fingerprint density at radius 2 is 2.12 bits per heavy atom. The maximum absolute atomic E-state index is 13.1. The largest absolute Gasteiger partial charge is 0.481 e. The number of carbonyl (C=O) groups excluding carboxylic acids is 1. The van der Waals surface area contributed by atoms with Gasteiger partial charge in [0.05, 0.1) is 13.2 Å². The van der Waals surface area contributed by atoms with E-state index in [-0.39, 0.29) is 23.7 Å². The molecule has 1 aromatic carbocycles. The summed E-state index contributed by atoms with van der Waals surface area (Å²) >= 11 is 1.42. The molecule has 0 radical (unpaired) electrons. The van der Waals surface area contributed by atoms with Crippen molar-refractivity contribution in [2.24, 2.45) is 15.9 Å². The van der Waals surface area contributed by atoms with Crippen molar-refractivity contribution in [2.45, 2.75) is 31.1 Å². The van der Waals surface area contributed by atoms with E-state index in [0.29, 0.717) is 17.5 Å². The summed E-state index contributed by atoms with van der Waals surface area (Å²) in [5.41, 5.74) is 0.928. The van der Waals surface area contributed by atoms with Gasteiger partial charge in [-0.2, -0.15) is 4.99 Å². The van der Waals surface area contributed by atoms with Crippen LogP contribution in [0, 0.1) is 11.7 Å². The molecule has 2 heterocycles. The number of benzene rings is 1. The summed E-state index contributed by atoms with van der Waals surface area (Å²) in [7, 11) is 1.56. The molecule has 0 spiro atoms. The van der Waals surface area contributed by atoms with Crippen LogP contribution >= 0.6 is 11.8 Å². The van der Waals surface area contributed by atoms with E-state index in [1.54, 1.807) is 25.5 Å².